The van der Waals surface area contributed by atoms with Gasteiger partial charge in [0.15, 0.2) is 0 Å². The molecule has 0 radical (unpaired) electrons. The van der Waals surface area contributed by atoms with Gasteiger partial charge in [-0.15, -0.1) is 0 Å². The fraction of sp³-hybridized carbons (Fsp3) is 0.312. The number of ether oxygens (including phenoxy) is 2. The molecule has 0 aliphatic rings. The van der Waals surface area contributed by atoms with Gasteiger partial charge in [0.25, 0.3) is 5.56 Å². The Kier molecular flexibility index (Phi) is 5.74. The van der Waals surface area contributed by atoms with Crippen LogP contribution in [0.2, 0.25) is 0 Å². The van der Waals surface area contributed by atoms with Gasteiger partial charge < -0.3 is 15.2 Å². The highest BCUT2D eigenvalue weighted by atomic mass is 16.6. The van der Waals surface area contributed by atoms with Crippen molar-refractivity contribution < 1.29 is 14.3 Å². The summed E-state index contributed by atoms with van der Waals surface area (Å²) in [6.45, 7) is 2.29. The number of primary amides is 1. The molecule has 1 amide bonds. The lowest BCUT2D eigenvalue weighted by Gasteiger charge is -2.16. The fourth-order valence-electron chi connectivity index (χ4n) is 1.96. The van der Waals surface area contributed by atoms with E-state index in [-0.39, 0.29) is 18.3 Å². The van der Waals surface area contributed by atoms with Crippen LogP contribution >= 0.6 is 0 Å². The minimum Gasteiger partial charge on any atom is -0.485 e. The maximum absolute atomic E-state index is 12.1. The van der Waals surface area contributed by atoms with Crippen LogP contribution in [0.25, 0.3) is 0 Å². The molecular weight excluding hydrogens is 298 g/mol. The molecule has 23 heavy (non-hydrogen) atoms. The number of nitrogens with two attached hydrogens (primary N) is 1. The molecule has 1 aromatic carbocycles. The van der Waals surface area contributed by atoms with E-state index in [1.165, 1.54) is 16.9 Å². The minimum absolute atomic E-state index is 0.0267. The summed E-state index contributed by atoms with van der Waals surface area (Å²) in [6, 6.07) is 10.9. The summed E-state index contributed by atoms with van der Waals surface area (Å²) in [5.41, 5.74) is 5.64. The van der Waals surface area contributed by atoms with E-state index in [1.807, 2.05) is 37.3 Å². The summed E-state index contributed by atoms with van der Waals surface area (Å²) in [7, 11) is 0. The third-order valence-electron chi connectivity index (χ3n) is 3.19. The lowest BCUT2D eigenvalue weighted by atomic mass is 10.2. The Morgan fingerprint density at radius 2 is 2.09 bits per heavy atom. The zero-order valence-electron chi connectivity index (χ0n) is 12.8. The number of hydrogen-bond acceptors (Lipinski definition) is 5. The topological polar surface area (TPSA) is 96.4 Å². The van der Waals surface area contributed by atoms with Gasteiger partial charge in [-0.25, -0.2) is 9.48 Å². The first-order valence-electron chi connectivity index (χ1n) is 7.28. The number of carbonyl (C=O) groups is 1. The SMILES string of the molecule is CCC(COC(N)=O)Oc1cnn(Cc2ccccc2)c(=O)c1. The fourth-order valence-corrected chi connectivity index (χ4v) is 1.96. The summed E-state index contributed by atoms with van der Waals surface area (Å²) in [5.74, 6) is 0.333. The van der Waals surface area contributed by atoms with E-state index in [0.29, 0.717) is 18.7 Å². The van der Waals surface area contributed by atoms with Crippen molar-refractivity contribution in [2.75, 3.05) is 6.61 Å². The van der Waals surface area contributed by atoms with E-state index in [2.05, 4.69) is 5.10 Å². The molecule has 7 nitrogen and oxygen atoms in total. The number of carbonyl (C=O) groups excluding carboxylic acids is 1. The average Bonchev–Trinajstić information content (AvgIpc) is 2.54. The van der Waals surface area contributed by atoms with Crippen LogP contribution < -0.4 is 16.0 Å². The van der Waals surface area contributed by atoms with Crippen molar-refractivity contribution in [1.29, 1.82) is 0 Å². The predicted molar refractivity (Wildman–Crippen MR) is 84.3 cm³/mol. The third-order valence-corrected chi connectivity index (χ3v) is 3.19. The maximum Gasteiger partial charge on any atom is 0.404 e. The molecule has 1 atom stereocenters. The molecule has 0 fully saturated rings. The van der Waals surface area contributed by atoms with Gasteiger partial charge in [0.2, 0.25) is 0 Å². The van der Waals surface area contributed by atoms with Gasteiger partial charge in [0.05, 0.1) is 12.7 Å². The number of rotatable bonds is 7. The zero-order chi connectivity index (χ0) is 16.7. The quantitative estimate of drug-likeness (QED) is 0.835. The molecule has 0 bridgehead atoms. The van der Waals surface area contributed by atoms with Gasteiger partial charge >= 0.3 is 6.09 Å². The van der Waals surface area contributed by atoms with Crippen LogP contribution in [0.5, 0.6) is 5.75 Å². The van der Waals surface area contributed by atoms with Gasteiger partial charge in [-0.3, -0.25) is 4.79 Å². The van der Waals surface area contributed by atoms with E-state index in [9.17, 15) is 9.59 Å². The molecule has 1 unspecified atom stereocenters. The second-order valence-electron chi connectivity index (χ2n) is 4.95. The molecule has 1 aromatic heterocycles. The molecule has 2 aromatic rings. The number of amides is 1. The van der Waals surface area contributed by atoms with Crippen LogP contribution in [-0.4, -0.2) is 28.6 Å². The van der Waals surface area contributed by atoms with E-state index < -0.39 is 6.09 Å². The number of hydrogen-bond donors (Lipinski definition) is 1. The molecule has 2 N–H and O–H groups in total. The van der Waals surface area contributed by atoms with Crippen LogP contribution in [0.3, 0.4) is 0 Å². The molecule has 0 aliphatic carbocycles. The van der Waals surface area contributed by atoms with Crippen molar-refractivity contribution >= 4 is 6.09 Å². The minimum atomic E-state index is -0.858. The molecule has 0 saturated heterocycles. The largest absolute Gasteiger partial charge is 0.485 e. The predicted octanol–water partition coefficient (Wildman–Crippen LogP) is 1.54. The molecular formula is C16H19N3O4. The second kappa shape index (κ2) is 7.98. The Bertz CT molecular complexity index is 700. The Labute approximate surface area is 133 Å². The molecule has 2 rings (SSSR count). The summed E-state index contributed by atoms with van der Waals surface area (Å²) < 4.78 is 11.7. The van der Waals surface area contributed by atoms with Crippen LogP contribution in [-0.2, 0) is 11.3 Å². The van der Waals surface area contributed by atoms with E-state index in [0.717, 1.165) is 5.56 Å². The summed E-state index contributed by atoms with van der Waals surface area (Å²) in [6.07, 6.45) is 0.828. The highest BCUT2D eigenvalue weighted by Gasteiger charge is 2.12. The molecule has 1 heterocycles. The van der Waals surface area contributed by atoms with Crippen molar-refractivity contribution in [3.63, 3.8) is 0 Å². The van der Waals surface area contributed by atoms with Crippen molar-refractivity contribution in [3.05, 3.63) is 58.5 Å². The van der Waals surface area contributed by atoms with Crippen molar-refractivity contribution in [2.45, 2.75) is 26.0 Å². The lowest BCUT2D eigenvalue weighted by Crippen LogP contribution is -2.28. The first-order valence-corrected chi connectivity index (χ1v) is 7.28. The van der Waals surface area contributed by atoms with Crippen LogP contribution in [0.4, 0.5) is 4.79 Å². The van der Waals surface area contributed by atoms with Crippen LogP contribution in [0.15, 0.2) is 47.4 Å². The molecule has 0 spiro atoms. The Morgan fingerprint density at radius 1 is 1.35 bits per heavy atom. The average molecular weight is 317 g/mol. The Hall–Kier alpha value is -2.83. The summed E-state index contributed by atoms with van der Waals surface area (Å²) in [5, 5.41) is 4.10. The van der Waals surface area contributed by atoms with Crippen LogP contribution in [0.1, 0.15) is 18.9 Å². The number of aromatic nitrogens is 2. The smallest absolute Gasteiger partial charge is 0.404 e. The first kappa shape index (κ1) is 16.5. The summed E-state index contributed by atoms with van der Waals surface area (Å²) >= 11 is 0. The number of benzene rings is 1. The van der Waals surface area contributed by atoms with Crippen molar-refractivity contribution in [3.8, 4) is 5.75 Å². The van der Waals surface area contributed by atoms with E-state index in [1.54, 1.807) is 0 Å². The maximum atomic E-state index is 12.1. The highest BCUT2D eigenvalue weighted by molar-refractivity contribution is 5.64. The standard InChI is InChI=1S/C16H19N3O4/c1-2-13(11-22-16(17)21)23-14-8-15(20)19(18-9-14)10-12-6-4-3-5-7-12/h3-9,13H,2,10-11H2,1H3,(H2,17,21). The lowest BCUT2D eigenvalue weighted by molar-refractivity contribution is 0.0848. The molecule has 7 heteroatoms. The monoisotopic (exact) mass is 317 g/mol. The van der Waals surface area contributed by atoms with Gasteiger partial charge in [-0.2, -0.15) is 5.10 Å². The molecule has 0 aliphatic heterocycles. The van der Waals surface area contributed by atoms with Crippen molar-refractivity contribution in [1.82, 2.24) is 9.78 Å². The summed E-state index contributed by atoms with van der Waals surface area (Å²) in [4.78, 5) is 22.7. The molecule has 0 saturated carbocycles. The van der Waals surface area contributed by atoms with Gasteiger partial charge in [-0.1, -0.05) is 37.3 Å². The van der Waals surface area contributed by atoms with Gasteiger partial charge in [0.1, 0.15) is 18.5 Å². The third kappa shape index (κ3) is 5.14. The van der Waals surface area contributed by atoms with Gasteiger partial charge in [0, 0.05) is 6.07 Å². The molecule has 122 valence electrons. The highest BCUT2D eigenvalue weighted by Crippen LogP contribution is 2.10. The first-order chi connectivity index (χ1) is 11.1. The Morgan fingerprint density at radius 3 is 2.70 bits per heavy atom. The van der Waals surface area contributed by atoms with E-state index in [4.69, 9.17) is 15.2 Å². The van der Waals surface area contributed by atoms with Crippen LogP contribution in [0, 0.1) is 0 Å². The van der Waals surface area contributed by atoms with E-state index >= 15 is 0 Å². The van der Waals surface area contributed by atoms with Gasteiger partial charge in [-0.05, 0) is 12.0 Å². The van der Waals surface area contributed by atoms with Crippen molar-refractivity contribution in [2.24, 2.45) is 5.73 Å². The number of nitrogens with zero attached hydrogens (tertiary/aromatic N) is 2. The Balaban J connectivity index is 2.03. The second-order valence-corrected chi connectivity index (χ2v) is 4.95. The zero-order valence-corrected chi connectivity index (χ0v) is 12.8. The normalized spacial score (nSPS) is 11.7.